The Bertz CT molecular complexity index is 735. The highest BCUT2D eigenvalue weighted by Gasteiger charge is 2.27. The number of hydrogen-bond donors (Lipinski definition) is 1. The van der Waals surface area contributed by atoms with Gasteiger partial charge in [0, 0.05) is 29.1 Å². The zero-order valence-corrected chi connectivity index (χ0v) is 17.1. The molecule has 1 aliphatic rings. The minimum Gasteiger partial charge on any atom is -0.478 e. The van der Waals surface area contributed by atoms with E-state index in [-0.39, 0.29) is 11.5 Å². The van der Waals surface area contributed by atoms with Crippen molar-refractivity contribution in [3.8, 4) is 0 Å². The van der Waals surface area contributed by atoms with Gasteiger partial charge in [-0.05, 0) is 52.9 Å². The first kappa shape index (κ1) is 19.5. The number of aromatic carboxylic acids is 1. The van der Waals surface area contributed by atoms with Crippen molar-refractivity contribution in [2.24, 2.45) is 0 Å². The first-order valence-corrected chi connectivity index (χ1v) is 10.2. The molecule has 1 heterocycles. The Balaban J connectivity index is 0.00000100. The van der Waals surface area contributed by atoms with Crippen LogP contribution in [-0.4, -0.2) is 34.5 Å². The second-order valence-electron chi connectivity index (χ2n) is 5.63. The van der Waals surface area contributed by atoms with E-state index in [1.54, 1.807) is 18.2 Å². The van der Waals surface area contributed by atoms with Crippen LogP contribution in [0.3, 0.4) is 0 Å². The molecule has 1 aliphatic heterocycles. The van der Waals surface area contributed by atoms with E-state index in [4.69, 9.17) is 28.3 Å². The van der Waals surface area contributed by atoms with Crippen LogP contribution in [0.2, 0.25) is 10.0 Å². The van der Waals surface area contributed by atoms with Crippen molar-refractivity contribution in [3.63, 3.8) is 0 Å². The number of carbonyl (C=O) groups is 1. The van der Waals surface area contributed by atoms with Crippen LogP contribution in [0.5, 0.6) is 0 Å². The fraction of sp³-hybridized carbons (Fsp3) is 0.278. The van der Waals surface area contributed by atoms with Crippen LogP contribution < -0.4 is 0 Å². The molecule has 0 bridgehead atoms. The summed E-state index contributed by atoms with van der Waals surface area (Å²) in [5.74, 6) is -0.786. The third-order valence-corrected chi connectivity index (χ3v) is 4.61. The average Bonchev–Trinajstić information content (AvgIpc) is 2.57. The number of carboxylic acid groups (broad SMARTS) is 1. The monoisotopic (exact) mass is 477 g/mol. The normalized spacial score (nSPS) is 16.8. The second-order valence-corrected chi connectivity index (χ2v) is 6.48. The number of halogens is 3. The van der Waals surface area contributed by atoms with E-state index < -0.39 is 5.97 Å². The third kappa shape index (κ3) is 4.23. The van der Waals surface area contributed by atoms with Crippen LogP contribution in [0.25, 0.3) is 0 Å². The Morgan fingerprint density at radius 2 is 1.83 bits per heavy atom. The highest BCUT2D eigenvalue weighted by molar-refractivity contribution is 14.1. The fourth-order valence-corrected chi connectivity index (χ4v) is 3.56. The minimum atomic E-state index is -0.918. The second kappa shape index (κ2) is 8.52. The largest absolute Gasteiger partial charge is 0.478 e. The lowest BCUT2D eigenvalue weighted by molar-refractivity contribution is 0.0697. The summed E-state index contributed by atoms with van der Waals surface area (Å²) in [6, 6.07) is 10.7. The van der Waals surface area contributed by atoms with E-state index in [1.807, 2.05) is 30.2 Å². The highest BCUT2D eigenvalue weighted by Crippen LogP contribution is 2.38. The standard InChI is InChI=1S/C17H15Cl2NO2.CH3I/c1-20-8-14(10-2-4-11(5-3-10)17(21)22)13-6-12(18)7-16(19)15(13)9-20;1-2/h2-7,14H,8-9H2,1H3,(H,21,22);1H3. The third-order valence-electron chi connectivity index (χ3n) is 4.05. The molecule has 0 fully saturated rings. The summed E-state index contributed by atoms with van der Waals surface area (Å²) in [6.07, 6.45) is 0. The lowest BCUT2D eigenvalue weighted by atomic mass is 9.84. The Labute approximate surface area is 165 Å². The molecule has 0 aliphatic carbocycles. The van der Waals surface area contributed by atoms with Gasteiger partial charge in [-0.1, -0.05) is 57.9 Å². The van der Waals surface area contributed by atoms with Crippen molar-refractivity contribution in [2.75, 3.05) is 18.5 Å². The molecule has 0 saturated heterocycles. The lowest BCUT2D eigenvalue weighted by Crippen LogP contribution is -2.31. The summed E-state index contributed by atoms with van der Waals surface area (Å²) in [4.78, 5) is 15.2. The van der Waals surface area contributed by atoms with Gasteiger partial charge in [-0.3, -0.25) is 0 Å². The molecule has 6 heteroatoms. The first-order chi connectivity index (χ1) is 11.5. The summed E-state index contributed by atoms with van der Waals surface area (Å²) in [5, 5.41) is 10.3. The molecule has 1 unspecified atom stereocenters. The smallest absolute Gasteiger partial charge is 0.335 e. The molecule has 0 radical (unpaired) electrons. The Morgan fingerprint density at radius 3 is 2.42 bits per heavy atom. The van der Waals surface area contributed by atoms with Gasteiger partial charge in [0.25, 0.3) is 0 Å². The van der Waals surface area contributed by atoms with Gasteiger partial charge in [0.2, 0.25) is 0 Å². The molecular weight excluding hydrogens is 460 g/mol. The van der Waals surface area contributed by atoms with Gasteiger partial charge >= 0.3 is 5.97 Å². The molecule has 1 atom stereocenters. The lowest BCUT2D eigenvalue weighted by Gasteiger charge is -2.33. The molecular formula is C18H18Cl2INO2. The molecule has 2 aromatic rings. The van der Waals surface area contributed by atoms with Gasteiger partial charge in [-0.2, -0.15) is 0 Å². The minimum absolute atomic E-state index is 0.132. The average molecular weight is 478 g/mol. The van der Waals surface area contributed by atoms with Crippen LogP contribution in [-0.2, 0) is 6.54 Å². The zero-order chi connectivity index (χ0) is 17.9. The molecule has 128 valence electrons. The molecule has 0 amide bonds. The molecule has 2 aromatic carbocycles. The van der Waals surface area contributed by atoms with Crippen molar-refractivity contribution < 1.29 is 9.90 Å². The molecule has 0 spiro atoms. The zero-order valence-electron chi connectivity index (χ0n) is 13.4. The van der Waals surface area contributed by atoms with E-state index in [1.165, 1.54) is 0 Å². The maximum absolute atomic E-state index is 11.0. The molecule has 3 nitrogen and oxygen atoms in total. The van der Waals surface area contributed by atoms with Crippen molar-refractivity contribution in [1.82, 2.24) is 4.90 Å². The number of carboxylic acids is 1. The molecule has 0 aromatic heterocycles. The van der Waals surface area contributed by atoms with Crippen LogP contribution in [0.4, 0.5) is 0 Å². The quantitative estimate of drug-likeness (QED) is 0.470. The highest BCUT2D eigenvalue weighted by atomic mass is 127. The van der Waals surface area contributed by atoms with Crippen molar-refractivity contribution in [3.05, 3.63) is 68.7 Å². The summed E-state index contributed by atoms with van der Waals surface area (Å²) >= 11 is 14.7. The number of benzene rings is 2. The van der Waals surface area contributed by atoms with Gasteiger partial charge in [0.1, 0.15) is 0 Å². The number of rotatable bonds is 2. The molecule has 1 N–H and O–H groups in total. The van der Waals surface area contributed by atoms with Gasteiger partial charge in [0.05, 0.1) is 5.56 Å². The van der Waals surface area contributed by atoms with Crippen molar-refractivity contribution >= 4 is 51.8 Å². The maximum Gasteiger partial charge on any atom is 0.335 e. The van der Waals surface area contributed by atoms with Gasteiger partial charge < -0.3 is 10.0 Å². The van der Waals surface area contributed by atoms with Gasteiger partial charge in [-0.15, -0.1) is 0 Å². The molecule has 24 heavy (non-hydrogen) atoms. The van der Waals surface area contributed by atoms with E-state index in [9.17, 15) is 4.79 Å². The SMILES string of the molecule is CI.CN1Cc2c(Cl)cc(Cl)cc2C(c2ccc(C(=O)O)cc2)C1. The number of nitrogens with zero attached hydrogens (tertiary/aromatic N) is 1. The number of likely N-dealkylation sites (N-methyl/N-ethyl adjacent to an activating group) is 1. The number of alkyl halides is 1. The predicted molar refractivity (Wildman–Crippen MR) is 108 cm³/mol. The molecule has 0 saturated carbocycles. The van der Waals surface area contributed by atoms with E-state index in [0.717, 1.165) is 29.8 Å². The maximum atomic E-state index is 11.0. The van der Waals surface area contributed by atoms with Crippen LogP contribution in [0.1, 0.15) is 33.0 Å². The van der Waals surface area contributed by atoms with Gasteiger partial charge in [-0.25, -0.2) is 4.79 Å². The number of fused-ring (bicyclic) bond motifs is 1. The van der Waals surface area contributed by atoms with Crippen LogP contribution in [0.15, 0.2) is 36.4 Å². The Hall–Kier alpha value is -0.820. The van der Waals surface area contributed by atoms with Gasteiger partial charge in [0.15, 0.2) is 0 Å². The Morgan fingerprint density at radius 1 is 1.21 bits per heavy atom. The Kier molecular flexibility index (Phi) is 6.92. The van der Waals surface area contributed by atoms with E-state index in [0.29, 0.717) is 10.0 Å². The summed E-state index contributed by atoms with van der Waals surface area (Å²) in [7, 11) is 2.05. The van der Waals surface area contributed by atoms with Crippen molar-refractivity contribution in [1.29, 1.82) is 0 Å². The van der Waals surface area contributed by atoms with E-state index in [2.05, 4.69) is 27.5 Å². The predicted octanol–water partition coefficient (Wildman–Crippen LogP) is 5.32. The summed E-state index contributed by atoms with van der Waals surface area (Å²) in [6.45, 7) is 1.63. The topological polar surface area (TPSA) is 40.5 Å². The van der Waals surface area contributed by atoms with Crippen molar-refractivity contribution in [2.45, 2.75) is 12.5 Å². The number of hydrogen-bond acceptors (Lipinski definition) is 2. The van der Waals surface area contributed by atoms with Crippen LogP contribution >= 0.6 is 45.8 Å². The van der Waals surface area contributed by atoms with E-state index >= 15 is 0 Å². The summed E-state index contributed by atoms with van der Waals surface area (Å²) in [5.41, 5.74) is 3.57. The van der Waals surface area contributed by atoms with Crippen LogP contribution in [0, 0.1) is 0 Å². The molecule has 3 rings (SSSR count). The summed E-state index contributed by atoms with van der Waals surface area (Å²) < 4.78 is 0. The first-order valence-electron chi connectivity index (χ1n) is 7.33. The fourth-order valence-electron chi connectivity index (χ4n) is 2.99.